The van der Waals surface area contributed by atoms with Crippen LogP contribution in [-0.2, 0) is 0 Å². The zero-order chi connectivity index (χ0) is 11.6. The Bertz CT molecular complexity index is 389. The number of rotatable bonds is 2. The number of ether oxygens (including phenoxy) is 1. The molecule has 0 atom stereocenters. The summed E-state index contributed by atoms with van der Waals surface area (Å²) < 4.78 is 38.9. The lowest BCUT2D eigenvalue weighted by Crippen LogP contribution is -2.24. The summed E-state index contributed by atoms with van der Waals surface area (Å²) in [5.74, 6) is -2.43. The molecule has 15 heavy (non-hydrogen) atoms. The van der Waals surface area contributed by atoms with Crippen molar-refractivity contribution in [3.63, 3.8) is 0 Å². The fraction of sp³-hybridized carbons (Fsp3) is 0.125. The van der Waals surface area contributed by atoms with E-state index in [4.69, 9.17) is 5.73 Å². The normalized spacial score (nSPS) is 11.1. The van der Waals surface area contributed by atoms with Crippen molar-refractivity contribution in [2.45, 2.75) is 6.36 Å². The van der Waals surface area contributed by atoms with E-state index in [-0.39, 0.29) is 0 Å². The Kier molecular flexibility index (Phi) is 2.74. The van der Waals surface area contributed by atoms with E-state index in [2.05, 4.69) is 4.74 Å². The Balaban J connectivity index is 3.10. The number of hydrogen-bond acceptors (Lipinski definition) is 4. The molecular formula is C8H5F3NO3-. The number of aromatic carboxylic acids is 1. The molecule has 82 valence electrons. The van der Waals surface area contributed by atoms with Crippen molar-refractivity contribution in [1.29, 1.82) is 0 Å². The summed E-state index contributed by atoms with van der Waals surface area (Å²) in [4.78, 5) is 10.4. The van der Waals surface area contributed by atoms with Crippen molar-refractivity contribution in [3.05, 3.63) is 23.8 Å². The third-order valence-corrected chi connectivity index (χ3v) is 1.51. The number of alkyl halides is 3. The number of carbonyl (C=O) groups is 1. The first kappa shape index (κ1) is 11.2. The molecule has 4 nitrogen and oxygen atoms in total. The lowest BCUT2D eigenvalue weighted by atomic mass is 10.1. The summed E-state index contributed by atoms with van der Waals surface area (Å²) in [5, 5.41) is 10.4. The van der Waals surface area contributed by atoms with Crippen LogP contribution in [0.1, 0.15) is 10.4 Å². The molecule has 1 aromatic carbocycles. The number of carboxylic acids is 1. The van der Waals surface area contributed by atoms with Crippen LogP contribution in [0.15, 0.2) is 18.2 Å². The molecule has 0 bridgehead atoms. The maximum absolute atomic E-state index is 11.8. The minimum atomic E-state index is -4.92. The molecule has 0 aliphatic rings. The van der Waals surface area contributed by atoms with E-state index in [1.165, 1.54) is 0 Å². The smallest absolute Gasteiger partial charge is 0.545 e. The Hall–Kier alpha value is -1.92. The molecule has 0 fully saturated rings. The summed E-state index contributed by atoms with van der Waals surface area (Å²) in [6.07, 6.45) is -4.92. The van der Waals surface area contributed by atoms with Gasteiger partial charge in [0.05, 0.1) is 11.7 Å². The summed E-state index contributed by atoms with van der Waals surface area (Å²) >= 11 is 0. The molecule has 1 aromatic rings. The van der Waals surface area contributed by atoms with Crippen molar-refractivity contribution in [2.24, 2.45) is 0 Å². The number of nitrogens with two attached hydrogens (primary N) is 1. The van der Waals surface area contributed by atoms with Crippen LogP contribution in [-0.4, -0.2) is 12.3 Å². The minimum absolute atomic E-state index is 0.545. The first-order chi connectivity index (χ1) is 6.81. The number of hydrogen-bond donors (Lipinski definition) is 1. The second-order valence-electron chi connectivity index (χ2n) is 2.55. The molecule has 0 aliphatic carbocycles. The highest BCUT2D eigenvalue weighted by Crippen LogP contribution is 2.30. The Morgan fingerprint density at radius 1 is 1.40 bits per heavy atom. The van der Waals surface area contributed by atoms with Crippen LogP contribution in [0.3, 0.4) is 0 Å². The maximum Gasteiger partial charge on any atom is 0.573 e. The third-order valence-electron chi connectivity index (χ3n) is 1.51. The number of anilines is 1. The van der Waals surface area contributed by atoms with Gasteiger partial charge in [0.1, 0.15) is 0 Å². The SMILES string of the molecule is Nc1c(OC(F)(F)F)cccc1C(=O)[O-]. The van der Waals surface area contributed by atoms with Crippen molar-refractivity contribution in [3.8, 4) is 5.75 Å². The molecule has 0 saturated carbocycles. The Labute approximate surface area is 82.1 Å². The fourth-order valence-corrected chi connectivity index (χ4v) is 0.936. The van der Waals surface area contributed by atoms with E-state index in [1.807, 2.05) is 0 Å². The Morgan fingerprint density at radius 3 is 2.47 bits per heavy atom. The number of carbonyl (C=O) groups excluding carboxylic acids is 1. The summed E-state index contributed by atoms with van der Waals surface area (Å²) in [6.45, 7) is 0. The standard InChI is InChI=1S/C8H6F3NO3/c9-8(10,11)15-5-3-1-2-4(6(5)12)7(13)14/h1-3H,12H2,(H,13,14)/p-1. The van der Waals surface area contributed by atoms with E-state index in [0.717, 1.165) is 18.2 Å². The zero-order valence-electron chi connectivity index (χ0n) is 7.17. The molecule has 0 radical (unpaired) electrons. The van der Waals surface area contributed by atoms with Gasteiger partial charge in [-0.25, -0.2) is 0 Å². The molecule has 0 saturated heterocycles. The molecule has 0 aromatic heterocycles. The average molecular weight is 220 g/mol. The van der Waals surface area contributed by atoms with Gasteiger partial charge in [0.25, 0.3) is 0 Å². The number of halogens is 3. The maximum atomic E-state index is 11.8. The number of benzene rings is 1. The van der Waals surface area contributed by atoms with Gasteiger partial charge in [0, 0.05) is 5.56 Å². The topological polar surface area (TPSA) is 75.4 Å². The second-order valence-corrected chi connectivity index (χ2v) is 2.55. The monoisotopic (exact) mass is 220 g/mol. The van der Waals surface area contributed by atoms with Gasteiger partial charge >= 0.3 is 6.36 Å². The van der Waals surface area contributed by atoms with Gasteiger partial charge in [-0.05, 0) is 6.07 Å². The van der Waals surface area contributed by atoms with Crippen molar-refractivity contribution in [2.75, 3.05) is 5.73 Å². The van der Waals surface area contributed by atoms with Crippen LogP contribution in [0, 0.1) is 0 Å². The quantitative estimate of drug-likeness (QED) is 0.737. The predicted molar refractivity (Wildman–Crippen MR) is 41.9 cm³/mol. The van der Waals surface area contributed by atoms with Crippen molar-refractivity contribution in [1.82, 2.24) is 0 Å². The van der Waals surface area contributed by atoms with Gasteiger partial charge in [-0.3, -0.25) is 0 Å². The van der Waals surface area contributed by atoms with E-state index >= 15 is 0 Å². The molecule has 0 unspecified atom stereocenters. The summed E-state index contributed by atoms with van der Waals surface area (Å²) in [5.41, 5.74) is 3.99. The summed E-state index contributed by atoms with van der Waals surface area (Å²) in [7, 11) is 0. The van der Waals surface area contributed by atoms with Crippen LogP contribution in [0.2, 0.25) is 0 Å². The first-order valence-corrected chi connectivity index (χ1v) is 3.67. The fourth-order valence-electron chi connectivity index (χ4n) is 0.936. The summed E-state index contributed by atoms with van der Waals surface area (Å²) in [6, 6.07) is 3.01. The molecule has 2 N–H and O–H groups in total. The predicted octanol–water partition coefficient (Wildman–Crippen LogP) is 0.531. The average Bonchev–Trinajstić information content (AvgIpc) is 2.05. The zero-order valence-corrected chi connectivity index (χ0v) is 7.17. The van der Waals surface area contributed by atoms with Gasteiger partial charge in [0.2, 0.25) is 0 Å². The molecular weight excluding hydrogens is 215 g/mol. The highest BCUT2D eigenvalue weighted by Gasteiger charge is 2.32. The molecule has 7 heteroatoms. The van der Waals surface area contributed by atoms with Crippen LogP contribution >= 0.6 is 0 Å². The molecule has 0 amide bonds. The lowest BCUT2D eigenvalue weighted by Gasteiger charge is -2.13. The number of carboxylic acid groups (broad SMARTS) is 1. The second kappa shape index (κ2) is 3.68. The lowest BCUT2D eigenvalue weighted by molar-refractivity contribution is -0.274. The van der Waals surface area contributed by atoms with Gasteiger partial charge in [0.15, 0.2) is 5.75 Å². The molecule has 0 aliphatic heterocycles. The largest absolute Gasteiger partial charge is 0.573 e. The van der Waals surface area contributed by atoms with Crippen LogP contribution in [0.4, 0.5) is 18.9 Å². The first-order valence-electron chi connectivity index (χ1n) is 3.67. The minimum Gasteiger partial charge on any atom is -0.545 e. The van der Waals surface area contributed by atoms with Crippen LogP contribution < -0.4 is 15.6 Å². The van der Waals surface area contributed by atoms with Gasteiger partial charge in [-0.15, -0.1) is 13.2 Å². The number of para-hydroxylation sites is 1. The Morgan fingerprint density at radius 2 is 2.00 bits per heavy atom. The van der Waals surface area contributed by atoms with Crippen LogP contribution in [0.25, 0.3) is 0 Å². The van der Waals surface area contributed by atoms with Crippen molar-refractivity contribution >= 4 is 11.7 Å². The molecule has 1 rings (SSSR count). The van der Waals surface area contributed by atoms with E-state index in [9.17, 15) is 23.1 Å². The van der Waals surface area contributed by atoms with Crippen molar-refractivity contribution < 1.29 is 27.8 Å². The van der Waals surface area contributed by atoms with Crippen LogP contribution in [0.5, 0.6) is 5.75 Å². The molecule has 0 heterocycles. The van der Waals surface area contributed by atoms with E-state index in [0.29, 0.717) is 0 Å². The highest BCUT2D eigenvalue weighted by atomic mass is 19.4. The highest BCUT2D eigenvalue weighted by molar-refractivity contribution is 5.93. The van der Waals surface area contributed by atoms with Gasteiger partial charge in [-0.1, -0.05) is 12.1 Å². The van der Waals surface area contributed by atoms with Gasteiger partial charge < -0.3 is 20.4 Å². The van der Waals surface area contributed by atoms with E-state index < -0.39 is 29.3 Å². The van der Waals surface area contributed by atoms with Gasteiger partial charge in [-0.2, -0.15) is 0 Å². The third kappa shape index (κ3) is 2.76. The van der Waals surface area contributed by atoms with E-state index in [1.54, 1.807) is 0 Å². The number of nitrogen functional groups attached to an aromatic ring is 1. The molecule has 0 spiro atoms.